The van der Waals surface area contributed by atoms with Crippen LogP contribution in [0.5, 0.6) is 0 Å². The Morgan fingerprint density at radius 1 is 1.37 bits per heavy atom. The predicted octanol–water partition coefficient (Wildman–Crippen LogP) is 2.36. The van der Waals surface area contributed by atoms with Crippen molar-refractivity contribution in [2.45, 2.75) is 12.8 Å². The van der Waals surface area contributed by atoms with E-state index in [4.69, 9.17) is 0 Å². The molecule has 1 N–H and O–H groups in total. The largest absolute Gasteiger partial charge is 0.383 e. The lowest BCUT2D eigenvalue weighted by Crippen LogP contribution is -2.05. The normalized spacial score (nSPS) is 10.6. The molecule has 0 aliphatic carbocycles. The van der Waals surface area contributed by atoms with Crippen LogP contribution in [0.3, 0.4) is 0 Å². The van der Waals surface area contributed by atoms with Crippen molar-refractivity contribution in [3.05, 3.63) is 30.3 Å². The van der Waals surface area contributed by atoms with Gasteiger partial charge in [-0.15, -0.1) is 5.10 Å². The van der Waals surface area contributed by atoms with Crippen LogP contribution in [0.1, 0.15) is 12.8 Å². The molecule has 5 nitrogen and oxygen atoms in total. The second-order valence-electron chi connectivity index (χ2n) is 4.05. The lowest BCUT2D eigenvalue weighted by molar-refractivity contribution is 0.628. The smallest absolute Gasteiger partial charge is 0.146 e. The molecule has 0 aliphatic heterocycles. The minimum Gasteiger partial charge on any atom is -0.383 e. The second-order valence-corrected chi connectivity index (χ2v) is 5.03. The second kappa shape index (κ2) is 7.08. The molecule has 2 rings (SSSR count). The number of hydrogen-bond acceptors (Lipinski definition) is 5. The van der Waals surface area contributed by atoms with Gasteiger partial charge in [-0.2, -0.15) is 11.8 Å². The van der Waals surface area contributed by atoms with Gasteiger partial charge in [-0.1, -0.05) is 0 Å². The first-order valence-electron chi connectivity index (χ1n) is 6.07. The quantitative estimate of drug-likeness (QED) is 0.790. The third-order valence-electron chi connectivity index (χ3n) is 2.65. The first-order valence-corrected chi connectivity index (χ1v) is 7.46. The molecule has 0 atom stereocenters. The first kappa shape index (κ1) is 13.8. The Bertz CT molecular complexity index is 503. The van der Waals surface area contributed by atoms with Gasteiger partial charge in [-0.05, 0) is 53.5 Å². The molecule has 1 aromatic heterocycles. The molecule has 0 radical (unpaired) electrons. The summed E-state index contributed by atoms with van der Waals surface area (Å²) in [4.78, 5) is 0. The minimum absolute atomic E-state index is 0.262. The van der Waals surface area contributed by atoms with Gasteiger partial charge in [-0.25, -0.2) is 9.07 Å². The van der Waals surface area contributed by atoms with Gasteiger partial charge in [-0.3, -0.25) is 0 Å². The standard InChI is InChI=1S/C12H16FN5S/c1-19-7-3-2-6-14-12-8-10(4-5-11(12)13)18-9-15-16-17-18/h4-5,8-9,14H,2-3,6-7H2,1H3. The van der Waals surface area contributed by atoms with Gasteiger partial charge in [0.25, 0.3) is 0 Å². The maximum Gasteiger partial charge on any atom is 0.146 e. The molecule has 102 valence electrons. The van der Waals surface area contributed by atoms with E-state index in [1.807, 2.05) is 11.8 Å². The summed E-state index contributed by atoms with van der Waals surface area (Å²) in [5, 5.41) is 14.0. The molecule has 1 aromatic carbocycles. The SMILES string of the molecule is CSCCCCNc1cc(-n2cnnn2)ccc1F. The number of halogens is 1. The fourth-order valence-corrected chi connectivity index (χ4v) is 2.16. The average molecular weight is 281 g/mol. The molecule has 19 heavy (non-hydrogen) atoms. The van der Waals surface area contributed by atoms with E-state index in [0.717, 1.165) is 30.8 Å². The lowest BCUT2D eigenvalue weighted by atomic mass is 10.2. The number of aromatic nitrogens is 4. The average Bonchev–Trinajstić information content (AvgIpc) is 2.94. The van der Waals surface area contributed by atoms with Crippen molar-refractivity contribution in [1.82, 2.24) is 20.2 Å². The Balaban J connectivity index is 1.98. The molecule has 0 aliphatic rings. The van der Waals surface area contributed by atoms with Gasteiger partial charge in [0, 0.05) is 6.54 Å². The van der Waals surface area contributed by atoms with Crippen molar-refractivity contribution in [2.75, 3.05) is 23.9 Å². The first-order chi connectivity index (χ1) is 9.31. The third-order valence-corrected chi connectivity index (χ3v) is 3.35. The molecule has 0 saturated carbocycles. The Hall–Kier alpha value is -1.63. The Labute approximate surface area is 115 Å². The summed E-state index contributed by atoms with van der Waals surface area (Å²) in [6.45, 7) is 0.760. The monoisotopic (exact) mass is 281 g/mol. The van der Waals surface area contributed by atoms with E-state index < -0.39 is 0 Å². The lowest BCUT2D eigenvalue weighted by Gasteiger charge is -2.09. The number of rotatable bonds is 7. The minimum atomic E-state index is -0.262. The molecule has 2 aromatic rings. The van der Waals surface area contributed by atoms with Crippen LogP contribution in [0.4, 0.5) is 10.1 Å². The van der Waals surface area contributed by atoms with Gasteiger partial charge in [0.1, 0.15) is 12.1 Å². The molecule has 0 unspecified atom stereocenters. The van der Waals surface area contributed by atoms with Crippen molar-refractivity contribution in [1.29, 1.82) is 0 Å². The van der Waals surface area contributed by atoms with E-state index in [1.165, 1.54) is 17.1 Å². The highest BCUT2D eigenvalue weighted by Gasteiger charge is 2.05. The van der Waals surface area contributed by atoms with Gasteiger partial charge in [0.2, 0.25) is 0 Å². The van der Waals surface area contributed by atoms with Crippen molar-refractivity contribution in [3.63, 3.8) is 0 Å². The molecular weight excluding hydrogens is 265 g/mol. The summed E-state index contributed by atoms with van der Waals surface area (Å²) in [6.07, 6.45) is 5.72. The van der Waals surface area contributed by atoms with Crippen molar-refractivity contribution in [3.8, 4) is 5.69 Å². The van der Waals surface area contributed by atoms with Crippen LogP contribution in [0.25, 0.3) is 5.69 Å². The Morgan fingerprint density at radius 2 is 2.26 bits per heavy atom. The summed E-state index contributed by atoms with van der Waals surface area (Å²) in [7, 11) is 0. The van der Waals surface area contributed by atoms with Crippen LogP contribution in [0.15, 0.2) is 24.5 Å². The van der Waals surface area contributed by atoms with Crippen molar-refractivity contribution < 1.29 is 4.39 Å². The van der Waals surface area contributed by atoms with Crippen LogP contribution < -0.4 is 5.32 Å². The number of nitrogens with zero attached hydrogens (tertiary/aromatic N) is 4. The molecule has 1 heterocycles. The van der Waals surface area contributed by atoms with Gasteiger partial charge < -0.3 is 5.32 Å². The summed E-state index contributed by atoms with van der Waals surface area (Å²) >= 11 is 1.82. The molecule has 0 amide bonds. The summed E-state index contributed by atoms with van der Waals surface area (Å²) < 4.78 is 15.2. The van der Waals surface area contributed by atoms with Crippen LogP contribution in [-0.2, 0) is 0 Å². The molecule has 7 heteroatoms. The zero-order valence-electron chi connectivity index (χ0n) is 10.7. The summed E-state index contributed by atoms with van der Waals surface area (Å²) in [5.74, 6) is 0.871. The highest BCUT2D eigenvalue weighted by molar-refractivity contribution is 7.98. The maximum atomic E-state index is 13.7. The van der Waals surface area contributed by atoms with Gasteiger partial charge in [0.15, 0.2) is 0 Å². The van der Waals surface area contributed by atoms with Crippen molar-refractivity contribution in [2.24, 2.45) is 0 Å². The van der Waals surface area contributed by atoms with Crippen LogP contribution in [-0.4, -0.2) is 38.8 Å². The topological polar surface area (TPSA) is 55.6 Å². The molecule has 0 spiro atoms. The number of tetrazole rings is 1. The summed E-state index contributed by atoms with van der Waals surface area (Å²) in [6, 6.07) is 4.77. The third kappa shape index (κ3) is 3.92. The van der Waals surface area contributed by atoms with E-state index in [-0.39, 0.29) is 5.82 Å². The van der Waals surface area contributed by atoms with Crippen LogP contribution in [0.2, 0.25) is 0 Å². The maximum absolute atomic E-state index is 13.7. The fraction of sp³-hybridized carbons (Fsp3) is 0.417. The van der Waals surface area contributed by atoms with E-state index in [1.54, 1.807) is 12.1 Å². The van der Waals surface area contributed by atoms with Gasteiger partial charge >= 0.3 is 0 Å². The van der Waals surface area contributed by atoms with E-state index in [0.29, 0.717) is 5.69 Å². The van der Waals surface area contributed by atoms with Gasteiger partial charge in [0.05, 0.1) is 11.4 Å². The Kier molecular flexibility index (Phi) is 5.14. The number of benzene rings is 1. The van der Waals surface area contributed by atoms with E-state index >= 15 is 0 Å². The van der Waals surface area contributed by atoms with E-state index in [2.05, 4.69) is 27.1 Å². The molecule has 0 fully saturated rings. The predicted molar refractivity (Wildman–Crippen MR) is 75.2 cm³/mol. The highest BCUT2D eigenvalue weighted by Crippen LogP contribution is 2.18. The molecular formula is C12H16FN5S. The number of unbranched alkanes of at least 4 members (excludes halogenated alkanes) is 1. The van der Waals surface area contributed by atoms with Crippen LogP contribution >= 0.6 is 11.8 Å². The van der Waals surface area contributed by atoms with Crippen LogP contribution in [0, 0.1) is 5.82 Å². The number of anilines is 1. The Morgan fingerprint density at radius 3 is 3.00 bits per heavy atom. The highest BCUT2D eigenvalue weighted by atomic mass is 32.2. The molecule has 0 saturated heterocycles. The zero-order valence-corrected chi connectivity index (χ0v) is 11.5. The zero-order chi connectivity index (χ0) is 13.5. The fourth-order valence-electron chi connectivity index (χ4n) is 1.67. The number of hydrogen-bond donors (Lipinski definition) is 1. The van der Waals surface area contributed by atoms with E-state index in [9.17, 15) is 4.39 Å². The van der Waals surface area contributed by atoms with Crippen molar-refractivity contribution >= 4 is 17.4 Å². The molecule has 0 bridgehead atoms. The number of thioether (sulfide) groups is 1. The summed E-state index contributed by atoms with van der Waals surface area (Å²) in [5.41, 5.74) is 1.22. The number of nitrogens with one attached hydrogen (secondary N) is 1.